The van der Waals surface area contributed by atoms with Gasteiger partial charge in [-0.1, -0.05) is 48.5 Å². The van der Waals surface area contributed by atoms with E-state index in [0.717, 1.165) is 39.0 Å². The Kier molecular flexibility index (Phi) is 10.5. The van der Waals surface area contributed by atoms with Crippen LogP contribution in [0.3, 0.4) is 0 Å². The molecule has 0 aromatic heterocycles. The van der Waals surface area contributed by atoms with E-state index in [1.807, 2.05) is 13.0 Å². The molecule has 0 bridgehead atoms. The van der Waals surface area contributed by atoms with Crippen LogP contribution in [0.1, 0.15) is 37.0 Å². The van der Waals surface area contributed by atoms with Gasteiger partial charge < -0.3 is 15.7 Å². The van der Waals surface area contributed by atoms with Crippen molar-refractivity contribution in [3.05, 3.63) is 71.5 Å². The molecule has 1 fully saturated rings. The zero-order valence-corrected chi connectivity index (χ0v) is 19.8. The highest BCUT2D eigenvalue weighted by molar-refractivity contribution is 14.0. The van der Waals surface area contributed by atoms with E-state index in [0.29, 0.717) is 12.0 Å². The standard InChI is InChI=1S/C23H31FN4O.HI/c1-2-25-23(26-16-22(29)20-10-6-7-11-21(20)24)27-19-12-14-28(15-13-19)17-18-8-4-3-5-9-18;/h3-11,19,22,29H,2,12-17H2,1H3,(H2,25,26,27);1H. The molecule has 0 aliphatic carbocycles. The van der Waals surface area contributed by atoms with Gasteiger partial charge >= 0.3 is 0 Å². The number of aliphatic hydroxyl groups is 1. The van der Waals surface area contributed by atoms with Gasteiger partial charge in [-0.15, -0.1) is 24.0 Å². The zero-order valence-electron chi connectivity index (χ0n) is 17.4. The van der Waals surface area contributed by atoms with E-state index < -0.39 is 11.9 Å². The lowest BCUT2D eigenvalue weighted by molar-refractivity contribution is 0.181. The maximum absolute atomic E-state index is 13.8. The number of halogens is 2. The second kappa shape index (κ2) is 12.9. The molecule has 0 spiro atoms. The highest BCUT2D eigenvalue weighted by Gasteiger charge is 2.20. The van der Waals surface area contributed by atoms with Crippen molar-refractivity contribution < 1.29 is 9.50 Å². The average Bonchev–Trinajstić information content (AvgIpc) is 2.74. The number of aliphatic hydroxyl groups excluding tert-OH is 1. The van der Waals surface area contributed by atoms with Crippen LogP contribution in [0.25, 0.3) is 0 Å². The van der Waals surface area contributed by atoms with Crippen molar-refractivity contribution in [1.29, 1.82) is 0 Å². The van der Waals surface area contributed by atoms with E-state index >= 15 is 0 Å². The largest absolute Gasteiger partial charge is 0.386 e. The Balaban J connectivity index is 0.00000320. The first kappa shape index (κ1) is 24.6. The van der Waals surface area contributed by atoms with Gasteiger partial charge in [-0.25, -0.2) is 4.39 Å². The van der Waals surface area contributed by atoms with Crippen molar-refractivity contribution >= 4 is 29.9 Å². The molecule has 30 heavy (non-hydrogen) atoms. The summed E-state index contributed by atoms with van der Waals surface area (Å²) in [6.45, 7) is 5.90. The summed E-state index contributed by atoms with van der Waals surface area (Å²) in [5.41, 5.74) is 1.62. The Hall–Kier alpha value is -1.71. The molecule has 5 nitrogen and oxygen atoms in total. The van der Waals surface area contributed by atoms with Crippen molar-refractivity contribution in [3.63, 3.8) is 0 Å². The number of nitrogens with one attached hydrogen (secondary N) is 2. The topological polar surface area (TPSA) is 59.9 Å². The monoisotopic (exact) mass is 526 g/mol. The SMILES string of the molecule is CCNC(=NCC(O)c1ccccc1F)NC1CCN(Cc2ccccc2)CC1.I. The number of piperidine rings is 1. The van der Waals surface area contributed by atoms with Gasteiger partial charge in [0.1, 0.15) is 11.9 Å². The predicted octanol–water partition coefficient (Wildman–Crippen LogP) is 3.70. The van der Waals surface area contributed by atoms with Crippen molar-refractivity contribution in [2.45, 2.75) is 38.5 Å². The van der Waals surface area contributed by atoms with Crippen LogP contribution >= 0.6 is 24.0 Å². The van der Waals surface area contributed by atoms with Crippen LogP contribution in [0.4, 0.5) is 4.39 Å². The fourth-order valence-corrected chi connectivity index (χ4v) is 3.61. The number of benzene rings is 2. The van der Waals surface area contributed by atoms with Crippen molar-refractivity contribution in [3.8, 4) is 0 Å². The summed E-state index contributed by atoms with van der Waals surface area (Å²) in [7, 11) is 0. The molecule has 1 aliphatic heterocycles. The maximum atomic E-state index is 13.8. The summed E-state index contributed by atoms with van der Waals surface area (Å²) in [4.78, 5) is 6.95. The first-order valence-electron chi connectivity index (χ1n) is 10.4. The van der Waals surface area contributed by atoms with Gasteiger partial charge in [-0.05, 0) is 31.4 Å². The third-order valence-corrected chi connectivity index (χ3v) is 5.21. The molecule has 0 amide bonds. The molecular formula is C23H32FIN4O. The van der Waals surface area contributed by atoms with Crippen LogP contribution in [0, 0.1) is 5.82 Å². The second-order valence-corrected chi connectivity index (χ2v) is 7.44. The highest BCUT2D eigenvalue weighted by atomic mass is 127. The maximum Gasteiger partial charge on any atom is 0.191 e. The Morgan fingerprint density at radius 2 is 1.80 bits per heavy atom. The van der Waals surface area contributed by atoms with E-state index in [1.165, 1.54) is 11.6 Å². The molecule has 1 atom stereocenters. The van der Waals surface area contributed by atoms with Crippen molar-refractivity contribution in [1.82, 2.24) is 15.5 Å². The number of likely N-dealkylation sites (tertiary alicyclic amines) is 1. The summed E-state index contributed by atoms with van der Waals surface area (Å²) in [6.07, 6.45) is 1.11. The minimum Gasteiger partial charge on any atom is -0.386 e. The van der Waals surface area contributed by atoms with Crippen molar-refractivity contribution in [2.24, 2.45) is 4.99 Å². The summed E-state index contributed by atoms with van der Waals surface area (Å²) in [6, 6.07) is 17.2. The number of nitrogens with zero attached hydrogens (tertiary/aromatic N) is 2. The lowest BCUT2D eigenvalue weighted by atomic mass is 10.0. The molecule has 1 heterocycles. The number of guanidine groups is 1. The Morgan fingerprint density at radius 3 is 2.47 bits per heavy atom. The molecule has 0 radical (unpaired) electrons. The summed E-state index contributed by atoms with van der Waals surface area (Å²) >= 11 is 0. The van der Waals surface area contributed by atoms with Gasteiger partial charge in [0.15, 0.2) is 5.96 Å². The molecule has 1 aliphatic rings. The normalized spacial score (nSPS) is 16.6. The summed E-state index contributed by atoms with van der Waals surface area (Å²) in [5, 5.41) is 17.0. The van der Waals surface area contributed by atoms with Gasteiger partial charge in [0.2, 0.25) is 0 Å². The van der Waals surface area contributed by atoms with E-state index in [4.69, 9.17) is 0 Å². The predicted molar refractivity (Wildman–Crippen MR) is 131 cm³/mol. The summed E-state index contributed by atoms with van der Waals surface area (Å²) in [5.74, 6) is 0.267. The van der Waals surface area contributed by atoms with E-state index in [1.54, 1.807) is 18.2 Å². The van der Waals surface area contributed by atoms with Gasteiger partial charge in [-0.2, -0.15) is 0 Å². The Bertz CT molecular complexity index is 782. The number of aliphatic imine (C=N–C) groups is 1. The van der Waals surface area contributed by atoms with Crippen molar-refractivity contribution in [2.75, 3.05) is 26.2 Å². The number of hydrogen-bond acceptors (Lipinski definition) is 3. The van der Waals surface area contributed by atoms with Crippen LogP contribution < -0.4 is 10.6 Å². The molecule has 3 rings (SSSR count). The van der Waals surface area contributed by atoms with E-state index in [-0.39, 0.29) is 36.1 Å². The number of hydrogen-bond donors (Lipinski definition) is 3. The average molecular weight is 526 g/mol. The van der Waals surface area contributed by atoms with Gasteiger partial charge in [0, 0.05) is 37.8 Å². The Morgan fingerprint density at radius 1 is 1.13 bits per heavy atom. The molecule has 7 heteroatoms. The van der Waals surface area contributed by atoms with Crippen LogP contribution in [0.5, 0.6) is 0 Å². The zero-order chi connectivity index (χ0) is 20.5. The molecule has 0 saturated carbocycles. The lowest BCUT2D eigenvalue weighted by Gasteiger charge is -2.33. The fourth-order valence-electron chi connectivity index (χ4n) is 3.61. The third-order valence-electron chi connectivity index (χ3n) is 5.21. The lowest BCUT2D eigenvalue weighted by Crippen LogP contribution is -2.48. The summed E-state index contributed by atoms with van der Waals surface area (Å²) < 4.78 is 13.8. The van der Waals surface area contributed by atoms with Crippen LogP contribution in [0.2, 0.25) is 0 Å². The fraction of sp³-hybridized carbons (Fsp3) is 0.435. The molecule has 3 N–H and O–H groups in total. The van der Waals surface area contributed by atoms with E-state index in [2.05, 4.69) is 44.8 Å². The smallest absolute Gasteiger partial charge is 0.191 e. The highest BCUT2D eigenvalue weighted by Crippen LogP contribution is 2.17. The molecule has 164 valence electrons. The van der Waals surface area contributed by atoms with Crippen LogP contribution in [-0.2, 0) is 6.54 Å². The van der Waals surface area contributed by atoms with Crippen LogP contribution in [-0.4, -0.2) is 48.2 Å². The molecule has 1 saturated heterocycles. The second-order valence-electron chi connectivity index (χ2n) is 7.44. The van der Waals surface area contributed by atoms with Gasteiger partial charge in [0.25, 0.3) is 0 Å². The number of rotatable bonds is 7. The van der Waals surface area contributed by atoms with Gasteiger partial charge in [0.05, 0.1) is 6.54 Å². The minimum atomic E-state index is -0.959. The van der Waals surface area contributed by atoms with E-state index in [9.17, 15) is 9.50 Å². The molecule has 1 unspecified atom stereocenters. The van der Waals surface area contributed by atoms with Crippen LogP contribution in [0.15, 0.2) is 59.6 Å². The first-order valence-corrected chi connectivity index (χ1v) is 10.4. The first-order chi connectivity index (χ1) is 14.2. The molecule has 2 aromatic carbocycles. The van der Waals surface area contributed by atoms with Gasteiger partial charge in [-0.3, -0.25) is 9.89 Å². The Labute approximate surface area is 195 Å². The quantitative estimate of drug-likeness (QED) is 0.293. The minimum absolute atomic E-state index is 0. The third kappa shape index (κ3) is 7.52. The molecule has 2 aromatic rings. The molecular weight excluding hydrogens is 494 g/mol.